The monoisotopic (exact) mass is 390 g/mol. The molecule has 4 aliphatic carbocycles. The maximum Gasteiger partial charge on any atom is 0.309 e. The van der Waals surface area contributed by atoms with Crippen LogP contribution in [0.3, 0.4) is 0 Å². The summed E-state index contributed by atoms with van der Waals surface area (Å²) >= 11 is 0. The predicted molar refractivity (Wildman–Crippen MR) is 107 cm³/mol. The minimum atomic E-state index is -0.334. The zero-order valence-electron chi connectivity index (χ0n) is 18.2. The number of hydrogen-bond acceptors (Lipinski definition) is 4. The van der Waals surface area contributed by atoms with Crippen molar-refractivity contribution in [3.05, 3.63) is 0 Å². The molecule has 8 atom stereocenters. The van der Waals surface area contributed by atoms with E-state index in [-0.39, 0.29) is 29.1 Å². The van der Waals surface area contributed by atoms with Gasteiger partial charge in [-0.25, -0.2) is 0 Å². The topological polar surface area (TPSA) is 52.6 Å². The molecular formula is C24H38O4. The molecule has 4 bridgehead atoms. The second kappa shape index (κ2) is 7.32. The highest BCUT2D eigenvalue weighted by atomic mass is 16.6. The summed E-state index contributed by atoms with van der Waals surface area (Å²) in [6, 6.07) is 0. The molecule has 28 heavy (non-hydrogen) atoms. The van der Waals surface area contributed by atoms with Crippen LogP contribution in [0.2, 0.25) is 0 Å². The fourth-order valence-electron chi connectivity index (χ4n) is 7.46. The quantitative estimate of drug-likeness (QED) is 0.555. The lowest BCUT2D eigenvalue weighted by molar-refractivity contribution is -0.174. The van der Waals surface area contributed by atoms with E-state index in [0.29, 0.717) is 30.1 Å². The molecule has 0 saturated heterocycles. The summed E-state index contributed by atoms with van der Waals surface area (Å²) in [6.07, 6.45) is 10.4. The van der Waals surface area contributed by atoms with E-state index in [0.717, 1.165) is 38.0 Å². The van der Waals surface area contributed by atoms with Crippen molar-refractivity contribution in [1.82, 2.24) is 0 Å². The van der Waals surface area contributed by atoms with E-state index in [2.05, 4.69) is 13.8 Å². The highest BCUT2D eigenvalue weighted by Gasteiger charge is 2.56. The molecule has 0 heterocycles. The molecule has 0 aromatic carbocycles. The maximum atomic E-state index is 13.0. The van der Waals surface area contributed by atoms with Crippen molar-refractivity contribution in [2.24, 2.45) is 35.5 Å². The van der Waals surface area contributed by atoms with Crippen LogP contribution < -0.4 is 0 Å². The highest BCUT2D eigenvalue weighted by Crippen LogP contribution is 2.58. The van der Waals surface area contributed by atoms with Crippen LogP contribution in [0.5, 0.6) is 0 Å². The maximum absolute atomic E-state index is 13.0. The van der Waals surface area contributed by atoms with Crippen molar-refractivity contribution in [2.45, 2.75) is 103 Å². The Bertz CT molecular complexity index is 630. The number of carbonyl (C=O) groups excluding carboxylic acids is 2. The third kappa shape index (κ3) is 3.39. The molecule has 0 radical (unpaired) electrons. The van der Waals surface area contributed by atoms with E-state index in [1.54, 1.807) is 0 Å². The largest absolute Gasteiger partial charge is 0.459 e. The molecule has 0 spiro atoms. The molecule has 158 valence electrons. The van der Waals surface area contributed by atoms with Crippen LogP contribution >= 0.6 is 0 Å². The molecule has 8 unspecified atom stereocenters. The SMILES string of the molecule is CCC(=O)OC1(C)CC2CC(CC(C)C(=O)OC3(CC)CC4CCC3C4)C1C2. The number of rotatable bonds is 7. The highest BCUT2D eigenvalue weighted by molar-refractivity contribution is 5.72. The Labute approximate surface area is 170 Å². The van der Waals surface area contributed by atoms with Gasteiger partial charge in [0.05, 0.1) is 5.92 Å². The standard InChI is InChI=1S/C24H38O4/c1-5-21(25)27-23(4)13-17-10-18(20(23)12-17)9-15(3)22(26)28-24(6-2)14-16-7-8-19(24)11-16/h15-20H,5-14H2,1-4H3. The lowest BCUT2D eigenvalue weighted by Gasteiger charge is -2.40. The minimum absolute atomic E-state index is 0.00410. The number of hydrogen-bond donors (Lipinski definition) is 0. The summed E-state index contributed by atoms with van der Waals surface area (Å²) in [6.45, 7) is 8.19. The van der Waals surface area contributed by atoms with Gasteiger partial charge < -0.3 is 9.47 Å². The molecule has 4 heteroatoms. The van der Waals surface area contributed by atoms with Gasteiger partial charge in [-0.1, -0.05) is 20.8 Å². The third-order valence-electron chi connectivity index (χ3n) is 8.79. The molecule has 0 amide bonds. The summed E-state index contributed by atoms with van der Waals surface area (Å²) in [5.74, 6) is 2.69. The first kappa shape index (κ1) is 20.2. The van der Waals surface area contributed by atoms with Gasteiger partial charge >= 0.3 is 11.9 Å². The molecule has 4 aliphatic rings. The average molecular weight is 391 g/mol. The predicted octanol–water partition coefficient (Wildman–Crippen LogP) is 5.28. The average Bonchev–Trinajstić information content (AvgIpc) is 3.41. The van der Waals surface area contributed by atoms with Crippen LogP contribution in [0.4, 0.5) is 0 Å². The van der Waals surface area contributed by atoms with Gasteiger partial charge in [-0.3, -0.25) is 9.59 Å². The van der Waals surface area contributed by atoms with Gasteiger partial charge in [0, 0.05) is 12.3 Å². The molecular weight excluding hydrogens is 352 g/mol. The van der Waals surface area contributed by atoms with E-state index in [1.165, 1.54) is 25.7 Å². The Kier molecular flexibility index (Phi) is 5.29. The Balaban J connectivity index is 1.36. The summed E-state index contributed by atoms with van der Waals surface area (Å²) in [5, 5.41) is 0. The summed E-state index contributed by atoms with van der Waals surface area (Å²) < 4.78 is 12.1. The van der Waals surface area contributed by atoms with Gasteiger partial charge in [0.2, 0.25) is 0 Å². The molecule has 0 N–H and O–H groups in total. The second-order valence-electron chi connectivity index (χ2n) is 10.6. The van der Waals surface area contributed by atoms with Gasteiger partial charge in [-0.05, 0) is 88.4 Å². The van der Waals surface area contributed by atoms with Gasteiger partial charge in [-0.2, -0.15) is 0 Å². The lowest BCUT2D eigenvalue weighted by Crippen LogP contribution is -2.43. The van der Waals surface area contributed by atoms with Crippen LogP contribution in [0, 0.1) is 35.5 Å². The summed E-state index contributed by atoms with van der Waals surface area (Å²) in [4.78, 5) is 24.9. The van der Waals surface area contributed by atoms with Gasteiger partial charge in [0.1, 0.15) is 11.2 Å². The zero-order valence-corrected chi connectivity index (χ0v) is 18.2. The number of carbonyl (C=O) groups is 2. The van der Waals surface area contributed by atoms with Crippen LogP contribution in [0.15, 0.2) is 0 Å². The normalized spacial score (nSPS) is 44.6. The fourth-order valence-corrected chi connectivity index (χ4v) is 7.46. The van der Waals surface area contributed by atoms with Gasteiger partial charge in [0.15, 0.2) is 0 Å². The Morgan fingerprint density at radius 3 is 2.39 bits per heavy atom. The first-order valence-corrected chi connectivity index (χ1v) is 11.7. The molecule has 4 fully saturated rings. The fraction of sp³-hybridized carbons (Fsp3) is 0.917. The van der Waals surface area contributed by atoms with E-state index < -0.39 is 0 Å². The Morgan fingerprint density at radius 1 is 1.04 bits per heavy atom. The van der Waals surface area contributed by atoms with Crippen molar-refractivity contribution in [1.29, 1.82) is 0 Å². The van der Waals surface area contributed by atoms with E-state index in [4.69, 9.17) is 9.47 Å². The van der Waals surface area contributed by atoms with Crippen molar-refractivity contribution in [2.75, 3.05) is 0 Å². The van der Waals surface area contributed by atoms with Crippen LogP contribution in [0.1, 0.15) is 91.9 Å². The smallest absolute Gasteiger partial charge is 0.309 e. The van der Waals surface area contributed by atoms with E-state index >= 15 is 0 Å². The molecule has 0 aromatic rings. The molecule has 4 rings (SSSR count). The number of esters is 2. The first-order chi connectivity index (χ1) is 13.3. The first-order valence-electron chi connectivity index (χ1n) is 11.7. The number of ether oxygens (including phenoxy) is 2. The van der Waals surface area contributed by atoms with Crippen molar-refractivity contribution in [3.63, 3.8) is 0 Å². The van der Waals surface area contributed by atoms with Gasteiger partial charge in [0.25, 0.3) is 0 Å². The van der Waals surface area contributed by atoms with E-state index in [1.807, 2.05) is 13.8 Å². The van der Waals surface area contributed by atoms with Crippen molar-refractivity contribution >= 4 is 11.9 Å². The molecule has 0 aromatic heterocycles. The molecule has 4 saturated carbocycles. The van der Waals surface area contributed by atoms with Gasteiger partial charge in [-0.15, -0.1) is 0 Å². The molecule has 0 aliphatic heterocycles. The second-order valence-corrected chi connectivity index (χ2v) is 10.6. The third-order valence-corrected chi connectivity index (χ3v) is 8.79. The summed E-state index contributed by atoms with van der Waals surface area (Å²) in [7, 11) is 0. The number of fused-ring (bicyclic) bond motifs is 4. The minimum Gasteiger partial charge on any atom is -0.459 e. The lowest BCUT2D eigenvalue weighted by atomic mass is 9.74. The van der Waals surface area contributed by atoms with Crippen molar-refractivity contribution < 1.29 is 19.1 Å². The van der Waals surface area contributed by atoms with Crippen LogP contribution in [0.25, 0.3) is 0 Å². The van der Waals surface area contributed by atoms with Crippen molar-refractivity contribution in [3.8, 4) is 0 Å². The van der Waals surface area contributed by atoms with Crippen LogP contribution in [-0.2, 0) is 19.1 Å². The van der Waals surface area contributed by atoms with Crippen LogP contribution in [-0.4, -0.2) is 23.1 Å². The Hall–Kier alpha value is -1.06. The van der Waals surface area contributed by atoms with E-state index in [9.17, 15) is 9.59 Å². The zero-order chi connectivity index (χ0) is 20.1. The molecule has 4 nitrogen and oxygen atoms in total. The summed E-state index contributed by atoms with van der Waals surface area (Å²) in [5.41, 5.74) is -0.520. The Morgan fingerprint density at radius 2 is 1.82 bits per heavy atom.